The molecule has 0 aromatic heterocycles. The molecule has 0 aromatic carbocycles. The minimum atomic E-state index is 0.732. The van der Waals surface area contributed by atoms with E-state index in [1.54, 1.807) is 0 Å². The van der Waals surface area contributed by atoms with Gasteiger partial charge in [0.2, 0.25) is 0 Å². The Morgan fingerprint density at radius 2 is 2.13 bits per heavy atom. The Kier molecular flexibility index (Phi) is 3.18. The summed E-state index contributed by atoms with van der Waals surface area (Å²) in [5, 5.41) is 12.5. The van der Waals surface area contributed by atoms with Crippen molar-refractivity contribution in [3.05, 3.63) is 47.6 Å². The largest absolute Gasteiger partial charge is 0.410 e. The molecule has 0 fully saturated rings. The van der Waals surface area contributed by atoms with Crippen molar-refractivity contribution in [2.24, 2.45) is 5.16 Å². The normalized spacial score (nSPS) is 21.2. The van der Waals surface area contributed by atoms with Gasteiger partial charge in [0.25, 0.3) is 0 Å². The van der Waals surface area contributed by atoms with Crippen LogP contribution >= 0.6 is 0 Å². The van der Waals surface area contributed by atoms with Crippen LogP contribution in [0.1, 0.15) is 25.7 Å². The predicted molar refractivity (Wildman–Crippen MR) is 62.1 cm³/mol. The van der Waals surface area contributed by atoms with E-state index < -0.39 is 0 Å². The van der Waals surface area contributed by atoms with Crippen LogP contribution in [0, 0.1) is 0 Å². The molecule has 0 amide bonds. The number of hydrogen-bond donors (Lipinski definition) is 1. The Morgan fingerprint density at radius 3 is 2.73 bits per heavy atom. The number of hydrogen-bond acceptors (Lipinski definition) is 2. The first kappa shape index (κ1) is 9.97. The molecule has 1 N–H and O–H groups in total. The van der Waals surface area contributed by atoms with Crippen molar-refractivity contribution in [3.8, 4) is 0 Å². The van der Waals surface area contributed by atoms with E-state index >= 15 is 0 Å². The lowest BCUT2D eigenvalue weighted by Gasteiger charge is -2.13. The predicted octanol–water partition coefficient (Wildman–Crippen LogP) is 3.37. The Bertz CT molecular complexity index is 383. The quantitative estimate of drug-likeness (QED) is 0.414. The highest BCUT2D eigenvalue weighted by Gasteiger charge is 2.13. The van der Waals surface area contributed by atoms with Crippen LogP contribution in [0.5, 0.6) is 0 Å². The molecule has 0 heterocycles. The number of allylic oxidation sites excluding steroid dienone is 8. The van der Waals surface area contributed by atoms with Crippen molar-refractivity contribution >= 4 is 5.71 Å². The second-order valence-electron chi connectivity index (χ2n) is 3.75. The molecule has 0 aliphatic heterocycles. The minimum Gasteiger partial charge on any atom is -0.410 e. The van der Waals surface area contributed by atoms with Crippen LogP contribution in [0.15, 0.2) is 52.8 Å². The number of nitrogens with zero attached hydrogens (tertiary/aromatic N) is 1. The van der Waals surface area contributed by atoms with Crippen molar-refractivity contribution < 1.29 is 5.21 Å². The van der Waals surface area contributed by atoms with Gasteiger partial charge in [-0.25, -0.2) is 0 Å². The summed E-state index contributed by atoms with van der Waals surface area (Å²) in [6.45, 7) is 0. The van der Waals surface area contributed by atoms with Crippen LogP contribution in [0.2, 0.25) is 0 Å². The fourth-order valence-corrected chi connectivity index (χ4v) is 1.90. The molecule has 0 unspecified atom stereocenters. The van der Waals surface area contributed by atoms with Crippen LogP contribution < -0.4 is 0 Å². The lowest BCUT2D eigenvalue weighted by atomic mass is 9.93. The van der Waals surface area contributed by atoms with Crippen LogP contribution in [0.25, 0.3) is 0 Å². The maximum absolute atomic E-state index is 9.08. The summed E-state index contributed by atoms with van der Waals surface area (Å²) in [6.07, 6.45) is 16.6. The van der Waals surface area contributed by atoms with Gasteiger partial charge in [-0.2, -0.15) is 0 Å². The van der Waals surface area contributed by atoms with Gasteiger partial charge in [0, 0.05) is 0 Å². The van der Waals surface area contributed by atoms with Crippen molar-refractivity contribution in [2.75, 3.05) is 0 Å². The molecular weight excluding hydrogens is 186 g/mol. The summed E-state index contributed by atoms with van der Waals surface area (Å²) >= 11 is 0. The Labute approximate surface area is 90.0 Å². The summed E-state index contributed by atoms with van der Waals surface area (Å²) in [7, 11) is 0. The molecule has 2 heteroatoms. The highest BCUT2D eigenvalue weighted by Crippen LogP contribution is 2.21. The van der Waals surface area contributed by atoms with Crippen LogP contribution in [-0.2, 0) is 0 Å². The van der Waals surface area contributed by atoms with E-state index in [0.717, 1.165) is 42.5 Å². The zero-order valence-corrected chi connectivity index (χ0v) is 8.69. The molecule has 2 rings (SSSR count). The van der Waals surface area contributed by atoms with Gasteiger partial charge in [-0.1, -0.05) is 41.6 Å². The Balaban J connectivity index is 2.24. The zero-order valence-electron chi connectivity index (χ0n) is 8.69. The summed E-state index contributed by atoms with van der Waals surface area (Å²) in [5.74, 6) is 0. The molecule has 2 aliphatic carbocycles. The SMILES string of the molecule is O/N=C(/C1=CCCC=C1)C1=CC=CCC1. The van der Waals surface area contributed by atoms with E-state index in [2.05, 4.69) is 23.4 Å². The van der Waals surface area contributed by atoms with E-state index in [4.69, 9.17) is 5.21 Å². The second-order valence-corrected chi connectivity index (χ2v) is 3.75. The van der Waals surface area contributed by atoms with E-state index in [0.29, 0.717) is 0 Å². The molecule has 0 saturated carbocycles. The number of oxime groups is 1. The molecule has 15 heavy (non-hydrogen) atoms. The second kappa shape index (κ2) is 4.78. The highest BCUT2D eigenvalue weighted by molar-refractivity contribution is 6.14. The molecule has 0 saturated heterocycles. The molecule has 0 atom stereocenters. The Morgan fingerprint density at radius 1 is 1.20 bits per heavy atom. The minimum absolute atomic E-state index is 0.732. The van der Waals surface area contributed by atoms with Gasteiger partial charge in [-0.05, 0) is 36.8 Å². The van der Waals surface area contributed by atoms with Gasteiger partial charge < -0.3 is 5.21 Å². The maximum atomic E-state index is 9.08. The van der Waals surface area contributed by atoms with Gasteiger partial charge in [-0.15, -0.1) is 0 Å². The summed E-state index contributed by atoms with van der Waals surface area (Å²) in [5.41, 5.74) is 2.90. The van der Waals surface area contributed by atoms with E-state index in [1.807, 2.05) is 18.2 Å². The first-order chi connectivity index (χ1) is 7.42. The van der Waals surface area contributed by atoms with Crippen LogP contribution in [-0.4, -0.2) is 10.9 Å². The van der Waals surface area contributed by atoms with E-state index in [-0.39, 0.29) is 0 Å². The lowest BCUT2D eigenvalue weighted by molar-refractivity contribution is 0.319. The average Bonchev–Trinajstić information content (AvgIpc) is 2.33. The number of rotatable bonds is 2. The monoisotopic (exact) mass is 201 g/mol. The fraction of sp³-hybridized carbons (Fsp3) is 0.308. The van der Waals surface area contributed by atoms with Gasteiger partial charge in [0.15, 0.2) is 0 Å². The van der Waals surface area contributed by atoms with Gasteiger partial charge in [0.1, 0.15) is 5.71 Å². The summed E-state index contributed by atoms with van der Waals surface area (Å²) in [4.78, 5) is 0. The van der Waals surface area contributed by atoms with Crippen LogP contribution in [0.4, 0.5) is 0 Å². The van der Waals surface area contributed by atoms with E-state index in [1.165, 1.54) is 0 Å². The van der Waals surface area contributed by atoms with Crippen molar-refractivity contribution in [3.63, 3.8) is 0 Å². The molecule has 2 aliphatic rings. The Hall–Kier alpha value is -1.57. The molecule has 2 nitrogen and oxygen atoms in total. The average molecular weight is 201 g/mol. The molecule has 0 aromatic rings. The molecule has 0 radical (unpaired) electrons. The fourth-order valence-electron chi connectivity index (χ4n) is 1.90. The zero-order chi connectivity index (χ0) is 10.5. The summed E-state index contributed by atoms with van der Waals surface area (Å²) in [6, 6.07) is 0. The third-order valence-corrected chi connectivity index (χ3v) is 2.69. The maximum Gasteiger partial charge on any atom is 0.112 e. The van der Waals surface area contributed by atoms with Crippen molar-refractivity contribution in [1.82, 2.24) is 0 Å². The van der Waals surface area contributed by atoms with Crippen molar-refractivity contribution in [1.29, 1.82) is 0 Å². The van der Waals surface area contributed by atoms with Crippen LogP contribution in [0.3, 0.4) is 0 Å². The van der Waals surface area contributed by atoms with E-state index in [9.17, 15) is 0 Å². The van der Waals surface area contributed by atoms with Gasteiger partial charge in [0.05, 0.1) is 0 Å². The third kappa shape index (κ3) is 2.27. The van der Waals surface area contributed by atoms with Gasteiger partial charge >= 0.3 is 0 Å². The molecular formula is C13H15NO. The van der Waals surface area contributed by atoms with Gasteiger partial charge in [-0.3, -0.25) is 0 Å². The van der Waals surface area contributed by atoms with Crippen molar-refractivity contribution in [2.45, 2.75) is 25.7 Å². The molecule has 78 valence electrons. The highest BCUT2D eigenvalue weighted by atomic mass is 16.4. The molecule has 0 bridgehead atoms. The standard InChI is InChI=1S/C13H15NO/c15-14-13(11-7-3-1-4-8-11)12-9-5-2-6-10-12/h1,3,5,7,9-10,15H,2,4,6,8H2/b14-13+. The first-order valence-corrected chi connectivity index (χ1v) is 5.37. The molecule has 0 spiro atoms. The third-order valence-electron chi connectivity index (χ3n) is 2.69. The summed E-state index contributed by atoms with van der Waals surface area (Å²) < 4.78 is 0. The smallest absolute Gasteiger partial charge is 0.112 e. The topological polar surface area (TPSA) is 32.6 Å². The lowest BCUT2D eigenvalue weighted by Crippen LogP contribution is -2.08. The first-order valence-electron chi connectivity index (χ1n) is 5.37.